The lowest BCUT2D eigenvalue weighted by Gasteiger charge is -2.10. The van der Waals surface area contributed by atoms with Gasteiger partial charge in [0.1, 0.15) is 0 Å². The molecule has 0 aliphatic carbocycles. The van der Waals surface area contributed by atoms with Crippen LogP contribution in [0.1, 0.15) is 36.8 Å². The molecule has 0 amide bonds. The Kier molecular flexibility index (Phi) is 11.5. The largest absolute Gasteiger partial charge is 0.493 e. The molecule has 0 radical (unpaired) electrons. The van der Waals surface area contributed by atoms with Crippen LogP contribution in [0.4, 0.5) is 0 Å². The van der Waals surface area contributed by atoms with E-state index in [1.807, 2.05) is 6.07 Å². The van der Waals surface area contributed by atoms with Crippen molar-refractivity contribution >= 4 is 0 Å². The highest BCUT2D eigenvalue weighted by molar-refractivity contribution is 5.63. The summed E-state index contributed by atoms with van der Waals surface area (Å²) in [6.07, 6.45) is 7.14. The molecule has 3 aromatic carbocycles. The average molecular weight is 461 g/mol. The minimum Gasteiger partial charge on any atom is -0.493 e. The van der Waals surface area contributed by atoms with Gasteiger partial charge in [-0.2, -0.15) is 0 Å². The summed E-state index contributed by atoms with van der Waals surface area (Å²) in [5.74, 6) is 1.58. The Balaban J connectivity index is 1.16. The fraction of sp³-hybridized carbons (Fsp3) is 0.400. The normalized spacial score (nSPS) is 10.9. The third-order valence-corrected chi connectivity index (χ3v) is 6.15. The molecule has 3 aromatic rings. The average Bonchev–Trinajstić information content (AvgIpc) is 2.90. The zero-order valence-corrected chi connectivity index (χ0v) is 20.8. The highest BCUT2D eigenvalue weighted by Gasteiger charge is 2.04. The number of methoxy groups -OCH3 is 2. The van der Waals surface area contributed by atoms with E-state index in [0.29, 0.717) is 0 Å². The summed E-state index contributed by atoms with van der Waals surface area (Å²) >= 11 is 0. The van der Waals surface area contributed by atoms with Crippen LogP contribution in [-0.4, -0.2) is 40.4 Å². The van der Waals surface area contributed by atoms with Gasteiger partial charge in [-0.3, -0.25) is 0 Å². The summed E-state index contributed by atoms with van der Waals surface area (Å²) < 4.78 is 10.7. The maximum absolute atomic E-state index is 5.38. The standard InChI is InChI=1S/C30H40N2O2/c1-33-29-17-14-26(24-30(29)34-2)19-23-32-21-9-4-3-8-20-31-22-18-25-12-15-28(16-13-25)27-10-6-5-7-11-27/h5-7,10-17,24,31-32H,3-4,8-9,18-23H2,1-2H3. The third kappa shape index (κ3) is 8.85. The molecule has 182 valence electrons. The highest BCUT2D eigenvalue weighted by Crippen LogP contribution is 2.27. The van der Waals surface area contributed by atoms with Crippen molar-refractivity contribution in [1.82, 2.24) is 10.6 Å². The van der Waals surface area contributed by atoms with Crippen LogP contribution in [-0.2, 0) is 12.8 Å². The molecule has 4 heteroatoms. The molecule has 0 heterocycles. The summed E-state index contributed by atoms with van der Waals surface area (Å²) in [5, 5.41) is 7.15. The predicted octanol–water partition coefficient (Wildman–Crippen LogP) is 5.90. The molecule has 3 rings (SSSR count). The molecule has 0 atom stereocenters. The molecular weight excluding hydrogens is 420 g/mol. The number of nitrogens with one attached hydrogen (secondary N) is 2. The van der Waals surface area contributed by atoms with Gasteiger partial charge in [-0.15, -0.1) is 0 Å². The Morgan fingerprint density at radius 1 is 0.529 bits per heavy atom. The maximum atomic E-state index is 5.38. The number of hydrogen-bond donors (Lipinski definition) is 2. The van der Waals surface area contributed by atoms with E-state index in [2.05, 4.69) is 77.4 Å². The van der Waals surface area contributed by atoms with E-state index >= 15 is 0 Å². The number of unbranched alkanes of at least 4 members (excludes halogenated alkanes) is 3. The summed E-state index contributed by atoms with van der Waals surface area (Å²) in [5.41, 5.74) is 5.22. The van der Waals surface area contributed by atoms with Crippen molar-refractivity contribution in [3.05, 3.63) is 83.9 Å². The van der Waals surface area contributed by atoms with Crippen LogP contribution in [0.25, 0.3) is 11.1 Å². The molecule has 0 unspecified atom stereocenters. The van der Waals surface area contributed by atoms with E-state index < -0.39 is 0 Å². The second-order valence-electron chi connectivity index (χ2n) is 8.67. The first-order valence-corrected chi connectivity index (χ1v) is 12.6. The van der Waals surface area contributed by atoms with E-state index in [-0.39, 0.29) is 0 Å². The number of benzene rings is 3. The summed E-state index contributed by atoms with van der Waals surface area (Å²) in [7, 11) is 3.35. The van der Waals surface area contributed by atoms with Gasteiger partial charge >= 0.3 is 0 Å². The molecule has 0 saturated carbocycles. The molecule has 0 aliphatic rings. The molecule has 34 heavy (non-hydrogen) atoms. The van der Waals surface area contributed by atoms with Crippen molar-refractivity contribution < 1.29 is 9.47 Å². The highest BCUT2D eigenvalue weighted by atomic mass is 16.5. The summed E-state index contributed by atoms with van der Waals surface area (Å²) in [6.45, 7) is 4.22. The molecular formula is C30H40N2O2. The van der Waals surface area contributed by atoms with Crippen molar-refractivity contribution in [2.75, 3.05) is 40.4 Å². The van der Waals surface area contributed by atoms with Crippen LogP contribution >= 0.6 is 0 Å². The second kappa shape index (κ2) is 15.2. The molecule has 0 saturated heterocycles. The zero-order valence-electron chi connectivity index (χ0n) is 20.8. The van der Waals surface area contributed by atoms with Crippen LogP contribution in [0, 0.1) is 0 Å². The summed E-state index contributed by atoms with van der Waals surface area (Å²) in [6, 6.07) is 25.7. The lowest BCUT2D eigenvalue weighted by atomic mass is 10.0. The van der Waals surface area contributed by atoms with Crippen LogP contribution in [0.15, 0.2) is 72.8 Å². The Morgan fingerprint density at radius 2 is 1.09 bits per heavy atom. The van der Waals surface area contributed by atoms with E-state index in [4.69, 9.17) is 9.47 Å². The first-order valence-electron chi connectivity index (χ1n) is 12.6. The molecule has 2 N–H and O–H groups in total. The maximum Gasteiger partial charge on any atom is 0.160 e. The number of rotatable bonds is 16. The molecule has 0 spiro atoms. The van der Waals surface area contributed by atoms with E-state index in [9.17, 15) is 0 Å². The van der Waals surface area contributed by atoms with Gasteiger partial charge in [-0.1, -0.05) is 73.5 Å². The number of ether oxygens (including phenoxy) is 2. The Labute approximate surface area is 205 Å². The molecule has 0 bridgehead atoms. The van der Waals surface area contributed by atoms with Crippen molar-refractivity contribution in [3.8, 4) is 22.6 Å². The first-order chi connectivity index (χ1) is 16.8. The third-order valence-electron chi connectivity index (χ3n) is 6.15. The molecule has 0 fully saturated rings. The molecule has 0 aliphatic heterocycles. The monoisotopic (exact) mass is 460 g/mol. The first kappa shape index (κ1) is 25.8. The van der Waals surface area contributed by atoms with Gasteiger partial charge in [-0.05, 0) is 86.2 Å². The van der Waals surface area contributed by atoms with Crippen LogP contribution in [0.3, 0.4) is 0 Å². The smallest absolute Gasteiger partial charge is 0.160 e. The van der Waals surface area contributed by atoms with Crippen LogP contribution < -0.4 is 20.1 Å². The van der Waals surface area contributed by atoms with Crippen molar-refractivity contribution in [2.45, 2.75) is 38.5 Å². The van der Waals surface area contributed by atoms with E-state index in [0.717, 1.165) is 50.5 Å². The number of hydrogen-bond acceptors (Lipinski definition) is 4. The van der Waals surface area contributed by atoms with Crippen molar-refractivity contribution in [1.29, 1.82) is 0 Å². The van der Waals surface area contributed by atoms with Crippen LogP contribution in [0.2, 0.25) is 0 Å². The minimum absolute atomic E-state index is 0.784. The minimum atomic E-state index is 0.784. The van der Waals surface area contributed by atoms with E-state index in [1.165, 1.54) is 47.9 Å². The molecule has 0 aromatic heterocycles. The van der Waals surface area contributed by atoms with Crippen LogP contribution in [0.5, 0.6) is 11.5 Å². The zero-order chi connectivity index (χ0) is 23.8. The fourth-order valence-electron chi connectivity index (χ4n) is 4.10. The Morgan fingerprint density at radius 3 is 1.71 bits per heavy atom. The lowest BCUT2D eigenvalue weighted by Crippen LogP contribution is -2.19. The predicted molar refractivity (Wildman–Crippen MR) is 143 cm³/mol. The fourth-order valence-corrected chi connectivity index (χ4v) is 4.10. The van der Waals surface area contributed by atoms with Gasteiger partial charge in [0.2, 0.25) is 0 Å². The van der Waals surface area contributed by atoms with E-state index in [1.54, 1.807) is 14.2 Å². The van der Waals surface area contributed by atoms with Gasteiger partial charge < -0.3 is 20.1 Å². The van der Waals surface area contributed by atoms with Gasteiger partial charge in [0.15, 0.2) is 11.5 Å². The summed E-state index contributed by atoms with van der Waals surface area (Å²) in [4.78, 5) is 0. The van der Waals surface area contributed by atoms with Gasteiger partial charge in [0.25, 0.3) is 0 Å². The molecule has 4 nitrogen and oxygen atoms in total. The van der Waals surface area contributed by atoms with Gasteiger partial charge in [0.05, 0.1) is 14.2 Å². The lowest BCUT2D eigenvalue weighted by molar-refractivity contribution is 0.354. The van der Waals surface area contributed by atoms with Gasteiger partial charge in [0, 0.05) is 0 Å². The van der Waals surface area contributed by atoms with Gasteiger partial charge in [-0.25, -0.2) is 0 Å². The van der Waals surface area contributed by atoms with Crippen molar-refractivity contribution in [2.24, 2.45) is 0 Å². The Bertz CT molecular complexity index is 942. The topological polar surface area (TPSA) is 42.5 Å². The Hall–Kier alpha value is -2.82. The second-order valence-corrected chi connectivity index (χ2v) is 8.67. The SMILES string of the molecule is COc1ccc(CCNCCCCCCNCCc2ccc(-c3ccccc3)cc2)cc1OC. The quantitative estimate of drug-likeness (QED) is 0.261. The van der Waals surface area contributed by atoms with Crippen molar-refractivity contribution in [3.63, 3.8) is 0 Å².